The summed E-state index contributed by atoms with van der Waals surface area (Å²) >= 11 is 5.20. The lowest BCUT2D eigenvalue weighted by Crippen LogP contribution is -2.15. The molecule has 1 aliphatic rings. The van der Waals surface area contributed by atoms with Gasteiger partial charge in [-0.15, -0.1) is 0 Å². The van der Waals surface area contributed by atoms with Crippen molar-refractivity contribution in [2.24, 2.45) is 17.3 Å². The fourth-order valence-electron chi connectivity index (χ4n) is 3.26. The fraction of sp³-hybridized carbons (Fsp3) is 0.476. The monoisotopic (exact) mass is 472 g/mol. The zero-order valence-electron chi connectivity index (χ0n) is 17.1. The van der Waals surface area contributed by atoms with Crippen LogP contribution in [0.4, 0.5) is 30.7 Å². The van der Waals surface area contributed by atoms with Crippen molar-refractivity contribution in [3.05, 3.63) is 57.2 Å². The Balaban J connectivity index is 2.20. The first-order valence-electron chi connectivity index (χ1n) is 9.18. The minimum Gasteiger partial charge on any atom is -0.460 e. The Morgan fingerprint density at radius 1 is 1.03 bits per heavy atom. The molecular formula is C21H20ClF7O2. The van der Waals surface area contributed by atoms with Crippen LogP contribution in [0.25, 0.3) is 0 Å². The van der Waals surface area contributed by atoms with Gasteiger partial charge in [-0.1, -0.05) is 43.2 Å². The Kier molecular flexibility index (Phi) is 7.20. The van der Waals surface area contributed by atoms with E-state index in [9.17, 15) is 35.5 Å². The summed E-state index contributed by atoms with van der Waals surface area (Å²) in [6.07, 6.45) is -3.11. The maximum Gasteiger partial charge on any atom is 0.426 e. The number of carbonyl (C=O) groups is 1. The van der Waals surface area contributed by atoms with Gasteiger partial charge in [-0.25, -0.2) is 17.6 Å². The Hall–Kier alpha value is -2.03. The lowest BCUT2D eigenvalue weighted by molar-refractivity contribution is -0.147. The molecule has 0 bridgehead atoms. The van der Waals surface area contributed by atoms with Gasteiger partial charge in [0.15, 0.2) is 23.3 Å². The van der Waals surface area contributed by atoms with E-state index in [1.165, 1.54) is 19.9 Å². The smallest absolute Gasteiger partial charge is 0.426 e. The predicted octanol–water partition coefficient (Wildman–Crippen LogP) is 6.75. The number of alkyl halides is 3. The zero-order valence-corrected chi connectivity index (χ0v) is 17.8. The van der Waals surface area contributed by atoms with Gasteiger partial charge in [0.2, 0.25) is 0 Å². The second-order valence-electron chi connectivity index (χ2n) is 8.14. The molecule has 0 saturated heterocycles. The molecule has 0 aliphatic heterocycles. The van der Waals surface area contributed by atoms with E-state index < -0.39 is 75.4 Å². The Bertz CT molecular complexity index is 915. The highest BCUT2D eigenvalue weighted by atomic mass is 35.5. The molecule has 1 aromatic carbocycles. The van der Waals surface area contributed by atoms with Gasteiger partial charge in [-0.05, 0) is 31.6 Å². The molecule has 0 spiro atoms. The van der Waals surface area contributed by atoms with Crippen LogP contribution in [-0.2, 0) is 22.6 Å². The molecule has 0 radical (unpaired) electrons. The van der Waals surface area contributed by atoms with Crippen LogP contribution >= 0.6 is 11.6 Å². The number of hydrogen-bond acceptors (Lipinski definition) is 2. The molecule has 1 aromatic rings. The quantitative estimate of drug-likeness (QED) is 0.198. The minimum atomic E-state index is -4.79. The van der Waals surface area contributed by atoms with Gasteiger partial charge >= 0.3 is 12.1 Å². The van der Waals surface area contributed by atoms with Gasteiger partial charge in [0.1, 0.15) is 11.6 Å². The third-order valence-electron chi connectivity index (χ3n) is 5.28. The number of rotatable bonds is 6. The Morgan fingerprint density at radius 2 is 1.52 bits per heavy atom. The number of ether oxygens (including phenoxy) is 1. The molecule has 2 atom stereocenters. The maximum atomic E-state index is 14.3. The summed E-state index contributed by atoms with van der Waals surface area (Å²) in [5.74, 6) is -9.67. The van der Waals surface area contributed by atoms with Crippen molar-refractivity contribution in [3.8, 4) is 0 Å². The lowest BCUT2D eigenvalue weighted by Gasteiger charge is -2.12. The molecule has 0 N–H and O–H groups in total. The second kappa shape index (κ2) is 8.84. The standard InChI is InChI=1S/C21H20ClF7O2/c1-9(2)5-6-10-15(23)17(25)11(18(26)16(10)24)8-31-19(30)14-12(20(14,3)4)7-13(22)21(27,28)29/h5,7,12,14H,6,8H2,1-4H3. The molecule has 31 heavy (non-hydrogen) atoms. The highest BCUT2D eigenvalue weighted by Gasteiger charge is 2.62. The first-order valence-corrected chi connectivity index (χ1v) is 9.56. The van der Waals surface area contributed by atoms with E-state index >= 15 is 0 Å². The van der Waals surface area contributed by atoms with Crippen LogP contribution in [0.1, 0.15) is 38.8 Å². The van der Waals surface area contributed by atoms with E-state index in [-0.39, 0.29) is 6.42 Å². The number of esters is 1. The van der Waals surface area contributed by atoms with Gasteiger partial charge in [-0.2, -0.15) is 13.2 Å². The molecule has 0 aromatic heterocycles. The normalized spacial score (nSPS) is 20.5. The molecule has 2 nitrogen and oxygen atoms in total. The van der Waals surface area contributed by atoms with E-state index in [2.05, 4.69) is 0 Å². The third kappa shape index (κ3) is 5.25. The summed E-state index contributed by atoms with van der Waals surface area (Å²) in [4.78, 5) is 12.3. The van der Waals surface area contributed by atoms with Gasteiger partial charge < -0.3 is 4.74 Å². The van der Waals surface area contributed by atoms with Crippen molar-refractivity contribution >= 4 is 17.6 Å². The highest BCUT2D eigenvalue weighted by molar-refractivity contribution is 6.30. The first-order chi connectivity index (χ1) is 14.1. The van der Waals surface area contributed by atoms with Gasteiger partial charge in [0, 0.05) is 5.56 Å². The van der Waals surface area contributed by atoms with E-state index in [4.69, 9.17) is 16.3 Å². The first kappa shape index (κ1) is 25.2. The molecular weight excluding hydrogens is 453 g/mol. The van der Waals surface area contributed by atoms with Crippen molar-refractivity contribution in [2.75, 3.05) is 0 Å². The van der Waals surface area contributed by atoms with Crippen molar-refractivity contribution in [2.45, 2.75) is 46.9 Å². The zero-order chi connectivity index (χ0) is 23.9. The van der Waals surface area contributed by atoms with Crippen molar-refractivity contribution in [1.29, 1.82) is 0 Å². The third-order valence-corrected chi connectivity index (χ3v) is 5.62. The number of carbonyl (C=O) groups excluding carboxylic acids is 1. The van der Waals surface area contributed by atoms with Crippen LogP contribution in [-0.4, -0.2) is 12.1 Å². The molecule has 2 unspecified atom stereocenters. The number of allylic oxidation sites excluding steroid dienone is 4. The Labute approximate surface area is 179 Å². The van der Waals surface area contributed by atoms with Crippen LogP contribution in [0, 0.1) is 40.5 Å². The highest BCUT2D eigenvalue weighted by Crippen LogP contribution is 2.60. The second-order valence-corrected chi connectivity index (χ2v) is 8.55. The molecule has 1 aliphatic carbocycles. The predicted molar refractivity (Wildman–Crippen MR) is 100.0 cm³/mol. The number of benzene rings is 1. The molecule has 0 heterocycles. The van der Waals surface area contributed by atoms with Crippen molar-refractivity contribution < 1.29 is 40.3 Å². The van der Waals surface area contributed by atoms with Gasteiger partial charge in [0.05, 0.1) is 11.5 Å². The average Bonchev–Trinajstić information content (AvgIpc) is 3.18. The lowest BCUT2D eigenvalue weighted by atomic mass is 10.0. The van der Waals surface area contributed by atoms with Crippen LogP contribution in [0.3, 0.4) is 0 Å². The summed E-state index contributed by atoms with van der Waals surface area (Å²) in [6.45, 7) is 5.13. The maximum absolute atomic E-state index is 14.3. The number of hydrogen-bond donors (Lipinski definition) is 0. The topological polar surface area (TPSA) is 26.3 Å². The average molecular weight is 473 g/mol. The van der Waals surface area contributed by atoms with E-state index in [0.717, 1.165) is 0 Å². The van der Waals surface area contributed by atoms with Crippen LogP contribution in [0.5, 0.6) is 0 Å². The summed E-state index contributed by atoms with van der Waals surface area (Å²) in [7, 11) is 0. The molecule has 1 fully saturated rings. The SMILES string of the molecule is CC(C)=CCc1c(F)c(F)c(COC(=O)C2C(C=C(Cl)C(F)(F)F)C2(C)C)c(F)c1F. The van der Waals surface area contributed by atoms with Crippen molar-refractivity contribution in [3.63, 3.8) is 0 Å². The van der Waals surface area contributed by atoms with Crippen molar-refractivity contribution in [1.82, 2.24) is 0 Å². The van der Waals surface area contributed by atoms with E-state index in [1.54, 1.807) is 13.8 Å². The molecule has 1 saturated carbocycles. The molecule has 2 rings (SSSR count). The minimum absolute atomic E-state index is 0.377. The molecule has 172 valence electrons. The van der Waals surface area contributed by atoms with Gasteiger partial charge in [0.25, 0.3) is 0 Å². The summed E-state index contributed by atoms with van der Waals surface area (Å²) in [6, 6.07) is 0. The van der Waals surface area contributed by atoms with Crippen LogP contribution in [0.15, 0.2) is 22.8 Å². The molecule has 0 amide bonds. The largest absolute Gasteiger partial charge is 0.460 e. The van der Waals surface area contributed by atoms with E-state index in [0.29, 0.717) is 11.6 Å². The summed E-state index contributed by atoms with van der Waals surface area (Å²) < 4.78 is 99.6. The molecule has 10 heteroatoms. The van der Waals surface area contributed by atoms with Gasteiger partial charge in [-0.3, -0.25) is 4.79 Å². The van der Waals surface area contributed by atoms with Crippen LogP contribution in [0.2, 0.25) is 0 Å². The fourth-order valence-corrected chi connectivity index (χ4v) is 3.39. The van der Waals surface area contributed by atoms with E-state index in [1.807, 2.05) is 0 Å². The summed E-state index contributed by atoms with van der Waals surface area (Å²) in [5.41, 5.74) is -2.20. The Morgan fingerprint density at radius 3 is 1.97 bits per heavy atom. The van der Waals surface area contributed by atoms with Crippen LogP contribution < -0.4 is 0 Å². The summed E-state index contributed by atoms with van der Waals surface area (Å²) in [5, 5.41) is -1.41. The number of halogens is 8.